The number of urea groups is 1. The van der Waals surface area contributed by atoms with Crippen molar-refractivity contribution < 1.29 is 4.79 Å². The molecule has 5 nitrogen and oxygen atoms in total. The fourth-order valence-corrected chi connectivity index (χ4v) is 3.74. The molecule has 1 aliphatic rings. The first kappa shape index (κ1) is 18.8. The molecule has 2 amide bonds. The van der Waals surface area contributed by atoms with E-state index in [2.05, 4.69) is 66.1 Å². The summed E-state index contributed by atoms with van der Waals surface area (Å²) in [4.78, 5) is 14.7. The number of nitrogens with one attached hydrogen (secondary N) is 2. The van der Waals surface area contributed by atoms with Gasteiger partial charge in [0.1, 0.15) is 0 Å². The normalized spacial score (nSPS) is 18.2. The number of carbonyl (C=O) groups excluding carboxylic acids is 1. The Morgan fingerprint density at radius 1 is 1.23 bits per heavy atom. The van der Waals surface area contributed by atoms with Gasteiger partial charge in [0.25, 0.3) is 0 Å². The average molecular weight is 357 g/mol. The van der Waals surface area contributed by atoms with Gasteiger partial charge >= 0.3 is 6.03 Å². The van der Waals surface area contributed by atoms with Crippen LogP contribution >= 0.6 is 0 Å². The van der Waals surface area contributed by atoms with E-state index < -0.39 is 0 Å². The fourth-order valence-electron chi connectivity index (χ4n) is 3.74. The molecule has 1 unspecified atom stereocenters. The first-order chi connectivity index (χ1) is 12.4. The number of rotatable bonds is 6. The zero-order valence-corrected chi connectivity index (χ0v) is 16.5. The van der Waals surface area contributed by atoms with Crippen molar-refractivity contribution in [3.8, 4) is 0 Å². The minimum atomic E-state index is -0.117. The van der Waals surface area contributed by atoms with E-state index in [1.165, 1.54) is 5.52 Å². The number of nitrogens with zero attached hydrogens (tertiary/aromatic N) is 2. The highest BCUT2D eigenvalue weighted by atomic mass is 16.2. The predicted octanol–water partition coefficient (Wildman–Crippen LogP) is 4.15. The van der Waals surface area contributed by atoms with Crippen LogP contribution in [-0.4, -0.2) is 41.2 Å². The minimum absolute atomic E-state index is 0.117. The lowest BCUT2D eigenvalue weighted by Crippen LogP contribution is -2.35. The lowest BCUT2D eigenvalue weighted by atomic mass is 10.1. The number of amides is 2. The Morgan fingerprint density at radius 3 is 2.73 bits per heavy atom. The van der Waals surface area contributed by atoms with E-state index in [1.54, 1.807) is 0 Å². The first-order valence-electron chi connectivity index (χ1n) is 9.80. The van der Waals surface area contributed by atoms with Crippen LogP contribution in [0.5, 0.6) is 0 Å². The summed E-state index contributed by atoms with van der Waals surface area (Å²) in [6.45, 7) is 12.9. The molecule has 2 N–H and O–H groups in total. The van der Waals surface area contributed by atoms with Crippen molar-refractivity contribution in [2.45, 2.75) is 46.7 Å². The van der Waals surface area contributed by atoms with E-state index in [0.717, 1.165) is 43.7 Å². The molecule has 1 aromatic heterocycles. The van der Waals surface area contributed by atoms with E-state index in [-0.39, 0.29) is 6.03 Å². The van der Waals surface area contributed by atoms with Crippen LogP contribution in [-0.2, 0) is 6.54 Å². The molecule has 0 aliphatic carbocycles. The minimum Gasteiger partial charge on any atom is -0.347 e. The summed E-state index contributed by atoms with van der Waals surface area (Å²) in [6.07, 6.45) is 3.28. The Morgan fingerprint density at radius 2 is 2.04 bits per heavy atom. The Balaban J connectivity index is 1.53. The van der Waals surface area contributed by atoms with Gasteiger partial charge in [0.15, 0.2) is 0 Å². The SMILES string of the molecule is CC(C)Cn1ccc2cc(NC(=O)NCC3CCN(C(C)C)C3)ccc21. The Bertz CT molecular complexity index is 750. The van der Waals surface area contributed by atoms with Crippen LogP contribution in [0.2, 0.25) is 0 Å². The van der Waals surface area contributed by atoms with E-state index in [4.69, 9.17) is 0 Å². The maximum Gasteiger partial charge on any atom is 0.319 e. The van der Waals surface area contributed by atoms with Gasteiger partial charge in [0.2, 0.25) is 0 Å². The monoisotopic (exact) mass is 356 g/mol. The van der Waals surface area contributed by atoms with E-state index >= 15 is 0 Å². The number of anilines is 1. The van der Waals surface area contributed by atoms with Crippen LogP contribution in [0.3, 0.4) is 0 Å². The van der Waals surface area contributed by atoms with Crippen LogP contribution in [0.25, 0.3) is 10.9 Å². The number of hydrogen-bond donors (Lipinski definition) is 2. The number of benzene rings is 1. The molecule has 1 aromatic carbocycles. The van der Waals surface area contributed by atoms with Crippen molar-refractivity contribution in [1.29, 1.82) is 0 Å². The molecule has 3 rings (SSSR count). The van der Waals surface area contributed by atoms with Gasteiger partial charge in [0, 0.05) is 48.5 Å². The van der Waals surface area contributed by atoms with Crippen LogP contribution in [0, 0.1) is 11.8 Å². The maximum atomic E-state index is 12.2. The molecule has 142 valence electrons. The topological polar surface area (TPSA) is 49.3 Å². The molecule has 2 aromatic rings. The number of aromatic nitrogens is 1. The van der Waals surface area contributed by atoms with Gasteiger partial charge in [-0.3, -0.25) is 0 Å². The number of hydrogen-bond acceptors (Lipinski definition) is 2. The highest BCUT2D eigenvalue weighted by Gasteiger charge is 2.24. The molecule has 0 radical (unpaired) electrons. The summed E-state index contributed by atoms with van der Waals surface area (Å²) in [7, 11) is 0. The third-order valence-corrected chi connectivity index (χ3v) is 5.19. The van der Waals surface area contributed by atoms with Gasteiger partial charge in [-0.1, -0.05) is 13.8 Å². The molecule has 0 spiro atoms. The van der Waals surface area contributed by atoms with E-state index in [9.17, 15) is 4.79 Å². The second-order valence-corrected chi connectivity index (χ2v) is 8.21. The van der Waals surface area contributed by atoms with Crippen molar-refractivity contribution in [3.63, 3.8) is 0 Å². The van der Waals surface area contributed by atoms with E-state index in [1.807, 2.05) is 12.1 Å². The standard InChI is InChI=1S/C21H32N4O/c1-15(2)13-25-10-8-18-11-19(5-6-20(18)25)23-21(26)22-12-17-7-9-24(14-17)16(3)4/h5-6,8,10-11,15-17H,7,9,12-14H2,1-4H3,(H2,22,23,26). The summed E-state index contributed by atoms with van der Waals surface area (Å²) >= 11 is 0. The Labute approximate surface area is 156 Å². The Hall–Kier alpha value is -2.01. The summed E-state index contributed by atoms with van der Waals surface area (Å²) in [5, 5.41) is 7.16. The van der Waals surface area contributed by atoms with E-state index in [0.29, 0.717) is 17.9 Å². The zero-order chi connectivity index (χ0) is 18.7. The number of fused-ring (bicyclic) bond motifs is 1. The van der Waals surface area contributed by atoms with Crippen molar-refractivity contribution >= 4 is 22.6 Å². The van der Waals surface area contributed by atoms with Gasteiger partial charge in [0.05, 0.1) is 0 Å². The quantitative estimate of drug-likeness (QED) is 0.817. The van der Waals surface area contributed by atoms with Gasteiger partial charge in [-0.15, -0.1) is 0 Å². The average Bonchev–Trinajstić information content (AvgIpc) is 3.20. The van der Waals surface area contributed by atoms with Crippen LogP contribution in [0.4, 0.5) is 10.5 Å². The summed E-state index contributed by atoms with van der Waals surface area (Å²) < 4.78 is 2.27. The first-order valence-corrected chi connectivity index (χ1v) is 9.80. The van der Waals surface area contributed by atoms with Crippen molar-refractivity contribution in [3.05, 3.63) is 30.5 Å². The molecule has 1 aliphatic heterocycles. The Kier molecular flexibility index (Phi) is 5.87. The molecular weight excluding hydrogens is 324 g/mol. The highest BCUT2D eigenvalue weighted by Crippen LogP contribution is 2.22. The van der Waals surface area contributed by atoms with Gasteiger partial charge in [-0.25, -0.2) is 4.79 Å². The predicted molar refractivity (Wildman–Crippen MR) is 109 cm³/mol. The molecule has 0 bridgehead atoms. The van der Waals surface area contributed by atoms with Gasteiger partial charge in [-0.2, -0.15) is 0 Å². The van der Waals surface area contributed by atoms with Crippen molar-refractivity contribution in [2.24, 2.45) is 11.8 Å². The zero-order valence-electron chi connectivity index (χ0n) is 16.5. The number of carbonyl (C=O) groups is 1. The molecule has 1 saturated heterocycles. The smallest absolute Gasteiger partial charge is 0.319 e. The third-order valence-electron chi connectivity index (χ3n) is 5.19. The number of likely N-dealkylation sites (tertiary alicyclic amines) is 1. The second-order valence-electron chi connectivity index (χ2n) is 8.21. The summed E-state index contributed by atoms with van der Waals surface area (Å²) in [5.41, 5.74) is 2.05. The lowest BCUT2D eigenvalue weighted by Gasteiger charge is -2.20. The molecule has 0 saturated carbocycles. The maximum absolute atomic E-state index is 12.2. The molecule has 2 heterocycles. The van der Waals surface area contributed by atoms with Gasteiger partial charge < -0.3 is 20.1 Å². The molecule has 1 atom stereocenters. The van der Waals surface area contributed by atoms with Crippen LogP contribution in [0.1, 0.15) is 34.1 Å². The molecular formula is C21H32N4O. The highest BCUT2D eigenvalue weighted by molar-refractivity contribution is 5.92. The van der Waals surface area contributed by atoms with Gasteiger partial charge in [-0.05, 0) is 62.9 Å². The second kappa shape index (κ2) is 8.12. The third kappa shape index (κ3) is 4.58. The van der Waals surface area contributed by atoms with Crippen molar-refractivity contribution in [2.75, 3.05) is 25.0 Å². The summed E-state index contributed by atoms with van der Waals surface area (Å²) in [5.74, 6) is 1.16. The molecule has 26 heavy (non-hydrogen) atoms. The van der Waals surface area contributed by atoms with Crippen LogP contribution < -0.4 is 10.6 Å². The molecule has 1 fully saturated rings. The van der Waals surface area contributed by atoms with Crippen molar-refractivity contribution in [1.82, 2.24) is 14.8 Å². The fraction of sp³-hybridized carbons (Fsp3) is 0.571. The lowest BCUT2D eigenvalue weighted by molar-refractivity contribution is 0.247. The molecule has 5 heteroatoms. The largest absolute Gasteiger partial charge is 0.347 e. The summed E-state index contributed by atoms with van der Waals surface area (Å²) in [6, 6.07) is 8.69. The van der Waals surface area contributed by atoms with Crippen LogP contribution in [0.15, 0.2) is 30.5 Å².